The van der Waals surface area contributed by atoms with Crippen LogP contribution >= 0.6 is 11.8 Å². The number of carbonyl (C=O) groups excluding carboxylic acids is 1. The average Bonchev–Trinajstić information content (AvgIpc) is 3.57. The van der Waals surface area contributed by atoms with Crippen LogP contribution in [0.2, 0.25) is 0 Å². The number of benzene rings is 2. The minimum absolute atomic E-state index is 0.151. The molecule has 1 unspecified atom stereocenters. The van der Waals surface area contributed by atoms with Gasteiger partial charge in [-0.1, -0.05) is 0 Å². The Morgan fingerprint density at radius 2 is 2.06 bits per heavy atom. The molecule has 1 saturated heterocycles. The third kappa shape index (κ3) is 3.45. The fourth-order valence-corrected chi connectivity index (χ4v) is 4.47. The van der Waals surface area contributed by atoms with Gasteiger partial charge in [-0.2, -0.15) is 20.3 Å². The van der Waals surface area contributed by atoms with Crippen molar-refractivity contribution in [3.8, 4) is 11.8 Å². The number of rotatable bonds is 4. The molecule has 8 nitrogen and oxygen atoms in total. The number of thioether (sulfide) groups is 1. The molecule has 4 aromatic rings. The first kappa shape index (κ1) is 19.3. The quantitative estimate of drug-likeness (QED) is 0.496. The first-order chi connectivity index (χ1) is 15.2. The second-order valence-corrected chi connectivity index (χ2v) is 8.20. The van der Waals surface area contributed by atoms with Crippen LogP contribution in [0.4, 0.5) is 0 Å². The molecule has 1 N–H and O–H groups in total. The van der Waals surface area contributed by atoms with Crippen LogP contribution in [0.5, 0.6) is 0 Å². The van der Waals surface area contributed by atoms with Gasteiger partial charge in [0.1, 0.15) is 5.82 Å². The molecule has 3 heterocycles. The molecule has 1 fully saturated rings. The van der Waals surface area contributed by atoms with Crippen molar-refractivity contribution >= 4 is 28.7 Å². The van der Waals surface area contributed by atoms with Crippen molar-refractivity contribution in [1.29, 1.82) is 5.26 Å². The minimum atomic E-state index is -0.155. The van der Waals surface area contributed by atoms with Crippen molar-refractivity contribution in [1.82, 2.24) is 29.9 Å². The van der Waals surface area contributed by atoms with Crippen molar-refractivity contribution in [2.75, 3.05) is 12.8 Å². The minimum Gasteiger partial charge on any atom is -0.340 e. The summed E-state index contributed by atoms with van der Waals surface area (Å²) in [5.41, 5.74) is 3.23. The van der Waals surface area contributed by atoms with Gasteiger partial charge in [0.2, 0.25) is 0 Å². The van der Waals surface area contributed by atoms with E-state index in [0.29, 0.717) is 23.4 Å². The molecule has 2 aromatic carbocycles. The molecule has 1 amide bonds. The largest absolute Gasteiger partial charge is 0.340 e. The Hall–Kier alpha value is -3.64. The summed E-state index contributed by atoms with van der Waals surface area (Å²) < 4.78 is 0. The number of nitriles is 1. The lowest BCUT2D eigenvalue weighted by atomic mass is 10.1. The van der Waals surface area contributed by atoms with E-state index in [1.54, 1.807) is 42.4 Å². The lowest BCUT2D eigenvalue weighted by Gasteiger charge is -2.24. The van der Waals surface area contributed by atoms with Crippen LogP contribution in [0, 0.1) is 11.3 Å². The van der Waals surface area contributed by atoms with E-state index in [1.165, 1.54) is 4.80 Å². The number of hydrogen-bond donors (Lipinski definition) is 1. The number of aromatic nitrogens is 5. The lowest BCUT2D eigenvalue weighted by Crippen LogP contribution is -2.32. The van der Waals surface area contributed by atoms with Crippen LogP contribution in [0.25, 0.3) is 16.7 Å². The van der Waals surface area contributed by atoms with Crippen molar-refractivity contribution in [2.24, 2.45) is 0 Å². The number of nitrogens with zero attached hydrogens (tertiary/aromatic N) is 6. The molecule has 154 valence electrons. The van der Waals surface area contributed by atoms with E-state index in [1.807, 2.05) is 23.3 Å². The fourth-order valence-electron chi connectivity index (χ4n) is 4.03. The Morgan fingerprint density at radius 1 is 1.23 bits per heavy atom. The van der Waals surface area contributed by atoms with Gasteiger partial charge < -0.3 is 9.88 Å². The molecule has 9 heteroatoms. The third-order valence-electron chi connectivity index (χ3n) is 5.53. The summed E-state index contributed by atoms with van der Waals surface area (Å²) >= 11 is 1.68. The number of nitrogens with one attached hydrogen (secondary N) is 1. The number of carbonyl (C=O) groups is 1. The van der Waals surface area contributed by atoms with Crippen molar-refractivity contribution in [3.63, 3.8) is 0 Å². The second-order valence-electron chi connectivity index (χ2n) is 7.32. The van der Waals surface area contributed by atoms with Crippen LogP contribution in [-0.2, 0) is 0 Å². The zero-order valence-corrected chi connectivity index (χ0v) is 17.6. The highest BCUT2D eigenvalue weighted by molar-refractivity contribution is 7.98. The summed E-state index contributed by atoms with van der Waals surface area (Å²) in [6.45, 7) is 0.624. The van der Waals surface area contributed by atoms with Gasteiger partial charge in [-0.05, 0) is 55.5 Å². The molecule has 0 radical (unpaired) electrons. The fraction of sp³-hybridized carbons (Fsp3) is 0.227. The standard InChI is InChI=1S/C22H19N7OS/c1-31-15-5-6-17-18(12-15)27-21(26-17)20-3-2-10-28(20)22(30)16-11-14(13-23)4-7-19(16)29-24-8-9-25-29/h4-9,11-12,20H,2-3,10H2,1H3,(H,26,27). The molecular weight excluding hydrogens is 410 g/mol. The van der Waals surface area contributed by atoms with Gasteiger partial charge in [0.05, 0.1) is 52.4 Å². The second kappa shape index (κ2) is 7.89. The molecule has 2 aromatic heterocycles. The molecule has 1 aliphatic heterocycles. The van der Waals surface area contributed by atoms with Crippen molar-refractivity contribution in [3.05, 3.63) is 65.7 Å². The summed E-state index contributed by atoms with van der Waals surface area (Å²) in [6.07, 6.45) is 6.87. The van der Waals surface area contributed by atoms with Gasteiger partial charge >= 0.3 is 0 Å². The molecule has 5 rings (SSSR count). The maximum atomic E-state index is 13.6. The molecule has 31 heavy (non-hydrogen) atoms. The van der Waals surface area contributed by atoms with E-state index in [0.717, 1.165) is 34.6 Å². The van der Waals surface area contributed by atoms with Crippen LogP contribution in [0.1, 0.15) is 40.6 Å². The smallest absolute Gasteiger partial charge is 0.256 e. The van der Waals surface area contributed by atoms with Crippen LogP contribution in [-0.4, -0.2) is 48.6 Å². The molecule has 0 bridgehead atoms. The van der Waals surface area contributed by atoms with Gasteiger partial charge in [0.15, 0.2) is 0 Å². The van der Waals surface area contributed by atoms with E-state index in [4.69, 9.17) is 4.98 Å². The molecule has 0 aliphatic carbocycles. The average molecular weight is 430 g/mol. The highest BCUT2D eigenvalue weighted by Crippen LogP contribution is 2.34. The number of aromatic amines is 1. The monoisotopic (exact) mass is 429 g/mol. The van der Waals surface area contributed by atoms with Gasteiger partial charge in [-0.25, -0.2) is 4.98 Å². The Labute approximate surface area is 182 Å². The Kier molecular flexibility index (Phi) is 4.92. The summed E-state index contributed by atoms with van der Waals surface area (Å²) in [7, 11) is 0. The Bertz CT molecular complexity index is 1310. The first-order valence-corrected chi connectivity index (χ1v) is 11.2. The Balaban J connectivity index is 1.53. The maximum Gasteiger partial charge on any atom is 0.256 e. The number of hydrogen-bond acceptors (Lipinski definition) is 6. The number of fused-ring (bicyclic) bond motifs is 1. The highest BCUT2D eigenvalue weighted by atomic mass is 32.2. The van der Waals surface area contributed by atoms with Gasteiger partial charge in [0, 0.05) is 11.4 Å². The summed E-state index contributed by atoms with van der Waals surface area (Å²) in [4.78, 5) is 26.2. The summed E-state index contributed by atoms with van der Waals surface area (Å²) in [6, 6.07) is 13.1. The van der Waals surface area contributed by atoms with Gasteiger partial charge in [-0.15, -0.1) is 11.8 Å². The van der Waals surface area contributed by atoms with E-state index >= 15 is 0 Å². The highest BCUT2D eigenvalue weighted by Gasteiger charge is 2.34. The topological polar surface area (TPSA) is 103 Å². The Morgan fingerprint density at radius 3 is 2.84 bits per heavy atom. The van der Waals surface area contributed by atoms with Gasteiger partial charge in [0.25, 0.3) is 5.91 Å². The normalized spacial score (nSPS) is 16.0. The SMILES string of the molecule is CSc1ccc2nc(C3CCCN3C(=O)c3cc(C#N)ccc3-n3nccn3)[nH]c2c1. The van der Waals surface area contributed by atoms with Crippen LogP contribution in [0.3, 0.4) is 0 Å². The first-order valence-electron chi connectivity index (χ1n) is 9.93. The van der Waals surface area contributed by atoms with Crippen LogP contribution in [0.15, 0.2) is 53.7 Å². The van der Waals surface area contributed by atoms with E-state index in [-0.39, 0.29) is 11.9 Å². The van der Waals surface area contributed by atoms with Crippen molar-refractivity contribution in [2.45, 2.75) is 23.8 Å². The van der Waals surface area contributed by atoms with Crippen molar-refractivity contribution < 1.29 is 4.79 Å². The predicted octanol–water partition coefficient (Wildman–Crippen LogP) is 3.71. The maximum absolute atomic E-state index is 13.6. The molecule has 1 atom stereocenters. The number of H-pyrrole nitrogens is 1. The summed E-state index contributed by atoms with van der Waals surface area (Å²) in [5.74, 6) is 0.631. The van der Waals surface area contributed by atoms with Crippen LogP contribution < -0.4 is 0 Å². The van der Waals surface area contributed by atoms with E-state index in [2.05, 4.69) is 27.3 Å². The van der Waals surface area contributed by atoms with Gasteiger partial charge in [-0.3, -0.25) is 4.79 Å². The molecular formula is C22H19N7OS. The van der Waals surface area contributed by atoms with E-state index < -0.39 is 0 Å². The zero-order valence-electron chi connectivity index (χ0n) is 16.8. The number of likely N-dealkylation sites (tertiary alicyclic amines) is 1. The number of imidazole rings is 1. The molecule has 1 aliphatic rings. The number of amides is 1. The molecule has 0 saturated carbocycles. The third-order valence-corrected chi connectivity index (χ3v) is 6.25. The lowest BCUT2D eigenvalue weighted by molar-refractivity contribution is 0.0730. The summed E-state index contributed by atoms with van der Waals surface area (Å²) in [5, 5.41) is 17.7. The predicted molar refractivity (Wildman–Crippen MR) is 117 cm³/mol. The zero-order chi connectivity index (χ0) is 21.4. The van der Waals surface area contributed by atoms with E-state index in [9.17, 15) is 10.1 Å². The molecule has 0 spiro atoms.